The van der Waals surface area contributed by atoms with Crippen LogP contribution in [0, 0.1) is 6.92 Å². The van der Waals surface area contributed by atoms with E-state index < -0.39 is 0 Å². The molecular formula is C34H42BrN7O3. The van der Waals surface area contributed by atoms with Crippen LogP contribution < -0.4 is 21.1 Å². The zero-order chi connectivity index (χ0) is 31.7. The Hall–Kier alpha value is -3.54. The Morgan fingerprint density at radius 3 is 2.49 bits per heavy atom. The Bertz CT molecular complexity index is 1620. The monoisotopic (exact) mass is 675 g/mol. The van der Waals surface area contributed by atoms with Crippen molar-refractivity contribution in [3.8, 4) is 0 Å². The summed E-state index contributed by atoms with van der Waals surface area (Å²) >= 11 is 3.44. The molecule has 10 nitrogen and oxygen atoms in total. The van der Waals surface area contributed by atoms with Crippen LogP contribution in [0.3, 0.4) is 0 Å². The molecule has 3 fully saturated rings. The molecule has 3 aliphatic rings. The van der Waals surface area contributed by atoms with E-state index in [-0.39, 0.29) is 29.3 Å². The molecule has 0 bridgehead atoms. The second-order valence-electron chi connectivity index (χ2n) is 12.8. The van der Waals surface area contributed by atoms with Crippen LogP contribution in [0.1, 0.15) is 53.4 Å². The van der Waals surface area contributed by atoms with Crippen LogP contribution in [0.25, 0.3) is 0 Å². The third kappa shape index (κ3) is 7.15. The molecule has 3 aliphatic heterocycles. The zero-order valence-electron chi connectivity index (χ0n) is 26.3. The number of carbonyl (C=O) groups is 2. The van der Waals surface area contributed by atoms with E-state index in [1.165, 1.54) is 15.8 Å². The van der Waals surface area contributed by atoms with E-state index >= 15 is 0 Å². The number of likely N-dealkylation sites (tertiary alicyclic amines) is 1. The third-order valence-electron chi connectivity index (χ3n) is 9.54. The largest absolute Gasteiger partial charge is 0.379 e. The minimum atomic E-state index is -0.262. The summed E-state index contributed by atoms with van der Waals surface area (Å²) in [5, 5.41) is 10.2. The fourth-order valence-corrected chi connectivity index (χ4v) is 7.48. The van der Waals surface area contributed by atoms with Crippen molar-refractivity contribution in [1.29, 1.82) is 0 Å². The summed E-state index contributed by atoms with van der Waals surface area (Å²) < 4.78 is 1.85. The lowest BCUT2D eigenvalue weighted by Gasteiger charge is -2.37. The Morgan fingerprint density at radius 1 is 1.00 bits per heavy atom. The summed E-state index contributed by atoms with van der Waals surface area (Å²) in [4.78, 5) is 43.7. The highest BCUT2D eigenvalue weighted by Crippen LogP contribution is 2.32. The van der Waals surface area contributed by atoms with Crippen LogP contribution in [0.5, 0.6) is 0 Å². The fraction of sp³-hybridized carbons (Fsp3) is 0.471. The smallest absolute Gasteiger partial charge is 0.282 e. The summed E-state index contributed by atoms with van der Waals surface area (Å²) in [6, 6.07) is 15.7. The molecule has 0 aliphatic carbocycles. The van der Waals surface area contributed by atoms with Crippen molar-refractivity contribution in [2.24, 2.45) is 7.05 Å². The highest BCUT2D eigenvalue weighted by molar-refractivity contribution is 9.10. The van der Waals surface area contributed by atoms with Crippen LogP contribution in [0.2, 0.25) is 0 Å². The molecule has 0 spiro atoms. The van der Waals surface area contributed by atoms with Gasteiger partial charge in [0.1, 0.15) is 4.47 Å². The molecule has 0 saturated carbocycles. The molecule has 45 heavy (non-hydrogen) atoms. The van der Waals surface area contributed by atoms with E-state index in [4.69, 9.17) is 0 Å². The predicted octanol–water partition coefficient (Wildman–Crippen LogP) is 3.59. The number of amides is 2. The van der Waals surface area contributed by atoms with Gasteiger partial charge in [0.2, 0.25) is 11.8 Å². The number of aromatic nitrogens is 2. The van der Waals surface area contributed by atoms with E-state index in [2.05, 4.69) is 95.9 Å². The van der Waals surface area contributed by atoms with Crippen LogP contribution in [-0.4, -0.2) is 83.8 Å². The van der Waals surface area contributed by atoms with Crippen LogP contribution in [-0.2, 0) is 23.2 Å². The standard InChI is InChI=1S/C34H42BrN7O3/c1-22-4-9-27(17-29(22)28-10-11-31(43)38-33(28)44)42-14-12-41(13-15-42)19-23-5-7-24(8-6-23)25-16-26(21-39(2)20-25)37-30-18-36-40(3)34(45)32(30)35/h4-9,17-18,25-26,28,37H,10-16,19-21H2,1-3H3,(H,38,43,44). The molecule has 3 atom stereocenters. The number of likely N-dealkylation sites (N-methyl/N-ethyl adjacent to an activating group) is 1. The number of anilines is 2. The van der Waals surface area contributed by atoms with Gasteiger partial charge >= 0.3 is 0 Å². The van der Waals surface area contributed by atoms with Gasteiger partial charge in [-0.3, -0.25) is 24.6 Å². The van der Waals surface area contributed by atoms with E-state index in [1.807, 2.05) is 6.92 Å². The summed E-state index contributed by atoms with van der Waals surface area (Å²) in [6.07, 6.45) is 3.66. The Morgan fingerprint density at radius 2 is 1.76 bits per heavy atom. The summed E-state index contributed by atoms with van der Waals surface area (Å²) in [5.41, 5.74) is 6.52. The van der Waals surface area contributed by atoms with Crippen molar-refractivity contribution in [3.05, 3.63) is 85.7 Å². The first-order valence-corrected chi connectivity index (χ1v) is 16.6. The van der Waals surface area contributed by atoms with Gasteiger partial charge in [-0.1, -0.05) is 30.3 Å². The maximum atomic E-state index is 12.5. The number of hydrogen-bond donors (Lipinski definition) is 2. The summed E-state index contributed by atoms with van der Waals surface area (Å²) in [7, 11) is 3.80. The number of hydrogen-bond acceptors (Lipinski definition) is 8. The van der Waals surface area contributed by atoms with Gasteiger partial charge in [-0.2, -0.15) is 5.10 Å². The number of carbonyl (C=O) groups excluding carboxylic acids is 2. The quantitative estimate of drug-likeness (QED) is 0.367. The van der Waals surface area contributed by atoms with Crippen molar-refractivity contribution in [1.82, 2.24) is 24.9 Å². The molecule has 4 heterocycles. The van der Waals surface area contributed by atoms with Gasteiger partial charge in [0.25, 0.3) is 5.56 Å². The van der Waals surface area contributed by atoms with E-state index in [1.54, 1.807) is 13.2 Å². The van der Waals surface area contributed by atoms with Gasteiger partial charge < -0.3 is 15.1 Å². The molecule has 0 radical (unpaired) electrons. The number of piperazine rings is 1. The second-order valence-corrected chi connectivity index (χ2v) is 13.6. The average molecular weight is 677 g/mol. The van der Waals surface area contributed by atoms with Crippen molar-refractivity contribution in [3.63, 3.8) is 0 Å². The molecule has 1 aromatic heterocycles. The number of nitrogens with zero attached hydrogens (tertiary/aromatic N) is 5. The first-order chi connectivity index (χ1) is 21.6. The number of rotatable bonds is 7. The number of piperidine rings is 2. The molecule has 2 amide bonds. The van der Waals surface area contributed by atoms with E-state index in [0.717, 1.165) is 74.7 Å². The number of imide groups is 1. The molecular weight excluding hydrogens is 634 g/mol. The highest BCUT2D eigenvalue weighted by Gasteiger charge is 2.30. The predicted molar refractivity (Wildman–Crippen MR) is 180 cm³/mol. The normalized spacial score (nSPS) is 23.2. The van der Waals surface area contributed by atoms with Gasteiger partial charge in [-0.05, 0) is 83.0 Å². The molecule has 3 aromatic rings. The van der Waals surface area contributed by atoms with Crippen LogP contribution in [0.4, 0.5) is 11.4 Å². The maximum absolute atomic E-state index is 12.5. The lowest BCUT2D eigenvalue weighted by molar-refractivity contribution is -0.134. The first-order valence-electron chi connectivity index (χ1n) is 15.8. The average Bonchev–Trinajstić information content (AvgIpc) is 3.02. The van der Waals surface area contributed by atoms with Crippen molar-refractivity contribution < 1.29 is 9.59 Å². The van der Waals surface area contributed by atoms with E-state index in [9.17, 15) is 14.4 Å². The lowest BCUT2D eigenvalue weighted by Crippen LogP contribution is -2.46. The van der Waals surface area contributed by atoms with Gasteiger partial charge in [-0.15, -0.1) is 0 Å². The minimum Gasteiger partial charge on any atom is -0.379 e. The SMILES string of the molecule is Cc1ccc(N2CCN(Cc3ccc(C4CC(Nc5cnn(C)c(=O)c5Br)CN(C)C4)cc3)CC2)cc1C1CCC(=O)NC1=O. The molecule has 11 heteroatoms. The first kappa shape index (κ1) is 31.4. The fourth-order valence-electron chi connectivity index (χ4n) is 7.00. The maximum Gasteiger partial charge on any atom is 0.282 e. The van der Waals surface area contributed by atoms with Crippen LogP contribution >= 0.6 is 15.9 Å². The molecule has 2 N–H and O–H groups in total. The number of nitrogens with one attached hydrogen (secondary N) is 2. The Labute approximate surface area is 272 Å². The summed E-state index contributed by atoms with van der Waals surface area (Å²) in [6.45, 7) is 8.66. The molecule has 3 saturated heterocycles. The molecule has 3 unspecified atom stereocenters. The van der Waals surface area contributed by atoms with Gasteiger partial charge in [0.05, 0.1) is 17.8 Å². The Kier molecular flexibility index (Phi) is 9.39. The zero-order valence-corrected chi connectivity index (χ0v) is 27.8. The topological polar surface area (TPSA) is 103 Å². The van der Waals surface area contributed by atoms with Crippen molar-refractivity contribution in [2.75, 3.05) is 56.5 Å². The minimum absolute atomic E-state index is 0.146. The molecule has 238 valence electrons. The van der Waals surface area contributed by atoms with Crippen molar-refractivity contribution >= 4 is 39.1 Å². The number of aryl methyl sites for hydroxylation is 2. The molecule has 2 aromatic carbocycles. The molecule has 6 rings (SSSR count). The van der Waals surface area contributed by atoms with Crippen molar-refractivity contribution in [2.45, 2.75) is 50.6 Å². The summed E-state index contributed by atoms with van der Waals surface area (Å²) in [5.74, 6) is -0.219. The van der Waals surface area contributed by atoms with E-state index in [0.29, 0.717) is 23.2 Å². The van der Waals surface area contributed by atoms with Crippen LogP contribution in [0.15, 0.2) is 57.9 Å². The highest BCUT2D eigenvalue weighted by atomic mass is 79.9. The number of benzene rings is 2. The number of halogens is 1. The van der Waals surface area contributed by atoms with Gasteiger partial charge in [-0.25, -0.2) is 4.68 Å². The van der Waals surface area contributed by atoms with Gasteiger partial charge in [0, 0.05) is 71.0 Å². The second kappa shape index (κ2) is 13.4. The third-order valence-corrected chi connectivity index (χ3v) is 10.3. The Balaban J connectivity index is 1.03. The van der Waals surface area contributed by atoms with Gasteiger partial charge in [0.15, 0.2) is 0 Å². The lowest BCUT2D eigenvalue weighted by atomic mass is 9.87.